The first-order valence-electron chi connectivity index (χ1n) is 7.03. The van der Waals surface area contributed by atoms with Crippen LogP contribution in [-0.4, -0.2) is 16.3 Å². The highest BCUT2D eigenvalue weighted by Crippen LogP contribution is 2.15. The number of nitrogens with one attached hydrogen (secondary N) is 1. The molecule has 0 amide bonds. The molecule has 0 unspecified atom stereocenters. The lowest BCUT2D eigenvalue weighted by Gasteiger charge is -2.12. The summed E-state index contributed by atoms with van der Waals surface area (Å²) in [6, 6.07) is 8.47. The Morgan fingerprint density at radius 1 is 1.25 bits per heavy atom. The van der Waals surface area contributed by atoms with E-state index in [9.17, 15) is 0 Å². The van der Waals surface area contributed by atoms with Gasteiger partial charge in [0.15, 0.2) is 0 Å². The molecule has 3 nitrogen and oxygen atoms in total. The van der Waals surface area contributed by atoms with Gasteiger partial charge in [-0.1, -0.05) is 49.7 Å². The Labute approximate surface area is 126 Å². The second kappa shape index (κ2) is 6.91. The average Bonchev–Trinajstić information content (AvgIpc) is 2.70. The van der Waals surface area contributed by atoms with E-state index in [1.165, 1.54) is 11.1 Å². The topological polar surface area (TPSA) is 29.9 Å². The summed E-state index contributed by atoms with van der Waals surface area (Å²) in [4.78, 5) is 0. The molecule has 0 aliphatic carbocycles. The Balaban J connectivity index is 2.07. The fraction of sp³-hybridized carbons (Fsp3) is 0.438. The molecular formula is C16H22ClN3. The SMILES string of the molecule is Cc1nn(Cc2ccccc2CNCC(C)C)cc1Cl. The molecule has 0 saturated heterocycles. The van der Waals surface area contributed by atoms with Crippen molar-refractivity contribution in [2.24, 2.45) is 5.92 Å². The standard InChI is InChI=1S/C16H22ClN3/c1-12(2)8-18-9-14-6-4-5-7-15(14)10-20-11-16(17)13(3)19-20/h4-7,11-12,18H,8-10H2,1-3H3. The Bertz CT molecular complexity index is 541. The van der Waals surface area contributed by atoms with Gasteiger partial charge >= 0.3 is 0 Å². The van der Waals surface area contributed by atoms with E-state index < -0.39 is 0 Å². The van der Waals surface area contributed by atoms with Gasteiger partial charge in [-0.2, -0.15) is 5.10 Å². The summed E-state index contributed by atoms with van der Waals surface area (Å²) in [5, 5.41) is 8.63. The summed E-state index contributed by atoms with van der Waals surface area (Å²) in [6.45, 7) is 9.03. The molecule has 20 heavy (non-hydrogen) atoms. The maximum Gasteiger partial charge on any atom is 0.0815 e. The minimum Gasteiger partial charge on any atom is -0.312 e. The summed E-state index contributed by atoms with van der Waals surface area (Å²) in [6.07, 6.45) is 1.88. The second-order valence-electron chi connectivity index (χ2n) is 5.55. The molecule has 2 rings (SSSR count). The molecule has 0 fully saturated rings. The number of nitrogens with zero attached hydrogens (tertiary/aromatic N) is 2. The van der Waals surface area contributed by atoms with Gasteiger partial charge in [0, 0.05) is 12.7 Å². The van der Waals surface area contributed by atoms with Crippen LogP contribution in [-0.2, 0) is 13.1 Å². The number of aromatic nitrogens is 2. The molecule has 4 heteroatoms. The number of hydrogen-bond acceptors (Lipinski definition) is 2. The highest BCUT2D eigenvalue weighted by atomic mass is 35.5. The smallest absolute Gasteiger partial charge is 0.0815 e. The van der Waals surface area contributed by atoms with Gasteiger partial charge in [0.05, 0.1) is 17.3 Å². The third-order valence-corrected chi connectivity index (χ3v) is 3.58. The molecule has 1 aromatic heterocycles. The van der Waals surface area contributed by atoms with Crippen LogP contribution in [0.25, 0.3) is 0 Å². The van der Waals surface area contributed by atoms with Crippen LogP contribution in [0, 0.1) is 12.8 Å². The van der Waals surface area contributed by atoms with Crippen molar-refractivity contribution in [1.82, 2.24) is 15.1 Å². The molecule has 0 aliphatic heterocycles. The molecule has 1 N–H and O–H groups in total. The molecule has 0 atom stereocenters. The number of rotatable bonds is 6. The van der Waals surface area contributed by atoms with Crippen LogP contribution in [0.2, 0.25) is 5.02 Å². The first-order chi connectivity index (χ1) is 9.56. The number of aryl methyl sites for hydroxylation is 1. The van der Waals surface area contributed by atoms with Crippen LogP contribution in [0.1, 0.15) is 30.7 Å². The zero-order valence-corrected chi connectivity index (χ0v) is 13.1. The van der Waals surface area contributed by atoms with E-state index >= 15 is 0 Å². The third kappa shape index (κ3) is 4.09. The van der Waals surface area contributed by atoms with E-state index in [1.54, 1.807) is 0 Å². The first kappa shape index (κ1) is 15.1. The molecule has 0 radical (unpaired) electrons. The maximum atomic E-state index is 6.06. The van der Waals surface area contributed by atoms with E-state index in [0.717, 1.165) is 30.4 Å². The molecule has 0 spiro atoms. The van der Waals surface area contributed by atoms with Crippen molar-refractivity contribution in [2.75, 3.05) is 6.54 Å². The van der Waals surface area contributed by atoms with Gasteiger partial charge in [0.25, 0.3) is 0 Å². The third-order valence-electron chi connectivity index (χ3n) is 3.21. The lowest BCUT2D eigenvalue weighted by molar-refractivity contribution is 0.549. The predicted octanol–water partition coefficient (Wildman–Crippen LogP) is 3.64. The quantitative estimate of drug-likeness (QED) is 0.880. The molecule has 108 valence electrons. The van der Waals surface area contributed by atoms with Crippen molar-refractivity contribution >= 4 is 11.6 Å². The zero-order valence-electron chi connectivity index (χ0n) is 12.4. The van der Waals surface area contributed by atoms with Crippen molar-refractivity contribution in [2.45, 2.75) is 33.9 Å². The van der Waals surface area contributed by atoms with Gasteiger partial charge in [-0.3, -0.25) is 4.68 Å². The van der Waals surface area contributed by atoms with Crippen molar-refractivity contribution in [3.63, 3.8) is 0 Å². The Morgan fingerprint density at radius 2 is 1.95 bits per heavy atom. The fourth-order valence-corrected chi connectivity index (χ4v) is 2.28. The van der Waals surface area contributed by atoms with Crippen molar-refractivity contribution in [3.8, 4) is 0 Å². The van der Waals surface area contributed by atoms with Crippen LogP contribution >= 0.6 is 11.6 Å². The van der Waals surface area contributed by atoms with Crippen LogP contribution in [0.4, 0.5) is 0 Å². The van der Waals surface area contributed by atoms with E-state index in [2.05, 4.69) is 48.5 Å². The molecule has 0 bridgehead atoms. The number of hydrogen-bond donors (Lipinski definition) is 1. The maximum absolute atomic E-state index is 6.06. The van der Waals surface area contributed by atoms with E-state index in [4.69, 9.17) is 11.6 Å². The molecule has 2 aromatic rings. The van der Waals surface area contributed by atoms with Crippen LogP contribution in [0.5, 0.6) is 0 Å². The first-order valence-corrected chi connectivity index (χ1v) is 7.41. The van der Waals surface area contributed by atoms with E-state index in [-0.39, 0.29) is 0 Å². The second-order valence-corrected chi connectivity index (χ2v) is 5.96. The number of halogens is 1. The van der Waals surface area contributed by atoms with Crippen LogP contribution in [0.3, 0.4) is 0 Å². The summed E-state index contributed by atoms with van der Waals surface area (Å²) < 4.78 is 1.90. The lowest BCUT2D eigenvalue weighted by Crippen LogP contribution is -2.20. The van der Waals surface area contributed by atoms with E-state index in [0.29, 0.717) is 5.92 Å². The molecule has 0 saturated carbocycles. The monoisotopic (exact) mass is 291 g/mol. The summed E-state index contributed by atoms with van der Waals surface area (Å²) in [5.74, 6) is 0.662. The molecular weight excluding hydrogens is 270 g/mol. The minimum atomic E-state index is 0.662. The Hall–Kier alpha value is -1.32. The molecule has 1 heterocycles. The Morgan fingerprint density at radius 3 is 2.55 bits per heavy atom. The lowest BCUT2D eigenvalue weighted by atomic mass is 10.1. The zero-order chi connectivity index (χ0) is 14.5. The van der Waals surface area contributed by atoms with Gasteiger partial charge in [0.1, 0.15) is 0 Å². The Kier molecular flexibility index (Phi) is 5.21. The highest BCUT2D eigenvalue weighted by molar-refractivity contribution is 6.31. The summed E-state index contributed by atoms with van der Waals surface area (Å²) in [5.41, 5.74) is 3.47. The minimum absolute atomic E-state index is 0.662. The number of benzene rings is 1. The van der Waals surface area contributed by atoms with E-state index in [1.807, 2.05) is 17.8 Å². The van der Waals surface area contributed by atoms with Gasteiger partial charge in [-0.05, 0) is 30.5 Å². The van der Waals surface area contributed by atoms with Crippen molar-refractivity contribution < 1.29 is 0 Å². The van der Waals surface area contributed by atoms with Crippen LogP contribution in [0.15, 0.2) is 30.5 Å². The van der Waals surface area contributed by atoms with Crippen LogP contribution < -0.4 is 5.32 Å². The van der Waals surface area contributed by atoms with Crippen molar-refractivity contribution in [3.05, 3.63) is 52.3 Å². The average molecular weight is 292 g/mol. The molecule has 0 aliphatic rings. The van der Waals surface area contributed by atoms with Crippen molar-refractivity contribution in [1.29, 1.82) is 0 Å². The van der Waals surface area contributed by atoms with Gasteiger partial charge < -0.3 is 5.32 Å². The summed E-state index contributed by atoms with van der Waals surface area (Å²) >= 11 is 6.06. The van der Waals surface area contributed by atoms with Gasteiger partial charge in [-0.25, -0.2) is 0 Å². The van der Waals surface area contributed by atoms with Gasteiger partial charge in [0.2, 0.25) is 0 Å². The summed E-state index contributed by atoms with van der Waals surface area (Å²) in [7, 11) is 0. The predicted molar refractivity (Wildman–Crippen MR) is 84.1 cm³/mol. The largest absolute Gasteiger partial charge is 0.312 e. The fourth-order valence-electron chi connectivity index (χ4n) is 2.13. The highest BCUT2D eigenvalue weighted by Gasteiger charge is 2.06. The van der Waals surface area contributed by atoms with Gasteiger partial charge in [-0.15, -0.1) is 0 Å². The normalized spacial score (nSPS) is 11.2. The molecule has 1 aromatic carbocycles.